The van der Waals surface area contributed by atoms with Crippen molar-refractivity contribution in [3.8, 4) is 0 Å². The Bertz CT molecular complexity index is 1200. The summed E-state index contributed by atoms with van der Waals surface area (Å²) in [5.41, 5.74) is 2.32. The number of rotatable bonds is 11. The van der Waals surface area contributed by atoms with Crippen LogP contribution in [-0.2, 0) is 15.2 Å². The number of thiazole rings is 1. The highest BCUT2D eigenvalue weighted by Crippen LogP contribution is 2.40. The lowest BCUT2D eigenvalue weighted by atomic mass is 9.77. The van der Waals surface area contributed by atoms with Crippen molar-refractivity contribution in [3.05, 3.63) is 119 Å². The molecule has 4 aromatic rings. The molecule has 1 aromatic heterocycles. The topological polar surface area (TPSA) is 87.0 Å². The average Bonchev–Trinajstić information content (AvgIpc) is 3.36. The summed E-state index contributed by atoms with van der Waals surface area (Å²) in [7, 11) is 3.81. The SMILES string of the molecule is CN(C)CCO/N=C(\C(=O)O)c1csc(NC(c2ccccc2)(c2ccccc2)c2ccccc2)n1.I. The minimum atomic E-state index is -1.20. The van der Waals surface area contributed by atoms with Crippen LogP contribution in [-0.4, -0.2) is 53.9 Å². The van der Waals surface area contributed by atoms with Crippen LogP contribution in [0, 0.1) is 0 Å². The molecule has 192 valence electrons. The van der Waals surface area contributed by atoms with Crippen LogP contribution in [0.5, 0.6) is 0 Å². The van der Waals surface area contributed by atoms with Gasteiger partial charge >= 0.3 is 5.97 Å². The van der Waals surface area contributed by atoms with Gasteiger partial charge in [-0.25, -0.2) is 9.78 Å². The first-order valence-electron chi connectivity index (χ1n) is 11.5. The van der Waals surface area contributed by atoms with Gasteiger partial charge < -0.3 is 20.2 Å². The zero-order valence-electron chi connectivity index (χ0n) is 20.6. The van der Waals surface area contributed by atoms with Gasteiger partial charge in [0.1, 0.15) is 17.8 Å². The van der Waals surface area contributed by atoms with Crippen LogP contribution in [0.15, 0.2) is 102 Å². The number of aliphatic carboxylic acids is 1. The summed E-state index contributed by atoms with van der Waals surface area (Å²) < 4.78 is 0. The summed E-state index contributed by atoms with van der Waals surface area (Å²) in [6, 6.07) is 30.4. The number of hydrogen-bond acceptors (Lipinski definition) is 7. The molecule has 0 fully saturated rings. The van der Waals surface area contributed by atoms with Crippen LogP contribution in [0.25, 0.3) is 0 Å². The maximum Gasteiger partial charge on any atom is 0.360 e. The van der Waals surface area contributed by atoms with E-state index in [0.29, 0.717) is 11.7 Å². The predicted molar refractivity (Wildman–Crippen MR) is 159 cm³/mol. The van der Waals surface area contributed by atoms with Gasteiger partial charge in [0.2, 0.25) is 5.71 Å². The smallest absolute Gasteiger partial charge is 0.360 e. The summed E-state index contributed by atoms with van der Waals surface area (Å²) in [6.07, 6.45) is 0. The summed E-state index contributed by atoms with van der Waals surface area (Å²) in [5.74, 6) is -1.20. The first-order valence-corrected chi connectivity index (χ1v) is 12.4. The molecule has 0 aliphatic heterocycles. The maximum atomic E-state index is 11.9. The lowest BCUT2D eigenvalue weighted by molar-refractivity contribution is -0.129. The van der Waals surface area contributed by atoms with Crippen LogP contribution >= 0.6 is 35.3 Å². The van der Waals surface area contributed by atoms with Gasteiger partial charge in [0.25, 0.3) is 0 Å². The predicted octanol–water partition coefficient (Wildman–Crippen LogP) is 5.53. The fourth-order valence-corrected chi connectivity index (χ4v) is 4.66. The fraction of sp³-hybridized carbons (Fsp3) is 0.179. The normalized spacial score (nSPS) is 11.6. The highest BCUT2D eigenvalue weighted by atomic mass is 127. The molecule has 0 aliphatic carbocycles. The third-order valence-corrected chi connectivity index (χ3v) is 6.41. The number of carboxylic acid groups (broad SMARTS) is 1. The molecule has 0 aliphatic rings. The van der Waals surface area contributed by atoms with Gasteiger partial charge in [-0.1, -0.05) is 96.2 Å². The number of hydrogen-bond donors (Lipinski definition) is 2. The summed E-state index contributed by atoms with van der Waals surface area (Å²) >= 11 is 1.32. The third kappa shape index (κ3) is 6.73. The van der Waals surface area contributed by atoms with Gasteiger partial charge in [0.15, 0.2) is 5.13 Å². The van der Waals surface area contributed by atoms with Crippen LogP contribution in [0.3, 0.4) is 0 Å². The van der Waals surface area contributed by atoms with Crippen molar-refractivity contribution in [1.82, 2.24) is 9.88 Å². The minimum absolute atomic E-state index is 0. The summed E-state index contributed by atoms with van der Waals surface area (Å²) in [6.45, 7) is 0.895. The van der Waals surface area contributed by atoms with Crippen molar-refractivity contribution in [1.29, 1.82) is 0 Å². The number of likely N-dealkylation sites (N-methyl/N-ethyl adjacent to an activating group) is 1. The molecule has 0 saturated carbocycles. The first-order chi connectivity index (χ1) is 17.5. The van der Waals surface area contributed by atoms with Gasteiger partial charge in [0, 0.05) is 11.9 Å². The Morgan fingerprint density at radius 1 is 0.946 bits per heavy atom. The Labute approximate surface area is 237 Å². The molecule has 0 atom stereocenters. The molecule has 0 spiro atoms. The Hall–Kier alpha value is -3.28. The number of nitrogens with one attached hydrogen (secondary N) is 1. The van der Waals surface area contributed by atoms with Crippen LogP contribution in [0.2, 0.25) is 0 Å². The first kappa shape index (κ1) is 28.3. The molecule has 7 nitrogen and oxygen atoms in total. The number of anilines is 1. The van der Waals surface area contributed by atoms with Crippen molar-refractivity contribution >= 4 is 52.1 Å². The lowest BCUT2D eigenvalue weighted by Crippen LogP contribution is -2.38. The van der Waals surface area contributed by atoms with E-state index in [1.807, 2.05) is 73.6 Å². The van der Waals surface area contributed by atoms with Crippen LogP contribution in [0.4, 0.5) is 5.13 Å². The zero-order valence-corrected chi connectivity index (χ0v) is 23.7. The molecule has 37 heavy (non-hydrogen) atoms. The van der Waals surface area contributed by atoms with E-state index < -0.39 is 11.5 Å². The molecule has 1 heterocycles. The second-order valence-electron chi connectivity index (χ2n) is 8.39. The number of carbonyl (C=O) groups is 1. The molecule has 9 heteroatoms. The Morgan fingerprint density at radius 2 is 1.43 bits per heavy atom. The van der Waals surface area contributed by atoms with Crippen LogP contribution in [0.1, 0.15) is 22.4 Å². The number of benzene rings is 3. The highest BCUT2D eigenvalue weighted by molar-refractivity contribution is 14.0. The van der Waals surface area contributed by atoms with E-state index in [9.17, 15) is 9.90 Å². The molecular formula is C28H29IN4O3S. The molecule has 2 N–H and O–H groups in total. The molecule has 0 bridgehead atoms. The van der Waals surface area contributed by atoms with Crippen molar-refractivity contribution in [2.75, 3.05) is 32.6 Å². The second-order valence-corrected chi connectivity index (χ2v) is 9.25. The largest absolute Gasteiger partial charge is 0.476 e. The average molecular weight is 629 g/mol. The molecule has 0 unspecified atom stereocenters. The maximum absolute atomic E-state index is 11.9. The minimum Gasteiger partial charge on any atom is -0.476 e. The van der Waals surface area contributed by atoms with E-state index in [2.05, 4.69) is 51.9 Å². The molecule has 3 aromatic carbocycles. The Kier molecular flexibility index (Phi) is 10.2. The molecule has 0 amide bonds. The lowest BCUT2D eigenvalue weighted by Gasteiger charge is -2.36. The Balaban J connectivity index is 0.00000380. The summed E-state index contributed by atoms with van der Waals surface area (Å²) in [4.78, 5) is 23.7. The molecule has 0 saturated heterocycles. The van der Waals surface area contributed by atoms with Gasteiger partial charge in [-0.2, -0.15) is 0 Å². The van der Waals surface area contributed by atoms with Gasteiger partial charge in [-0.05, 0) is 30.8 Å². The van der Waals surface area contributed by atoms with Crippen molar-refractivity contribution in [2.24, 2.45) is 5.16 Å². The second kappa shape index (κ2) is 13.3. The molecule has 0 radical (unpaired) electrons. The number of oxime groups is 1. The van der Waals surface area contributed by atoms with Gasteiger partial charge in [0.05, 0.1) is 0 Å². The number of nitrogens with zero attached hydrogens (tertiary/aromatic N) is 3. The molecule has 4 rings (SSSR count). The van der Waals surface area contributed by atoms with E-state index in [4.69, 9.17) is 4.84 Å². The van der Waals surface area contributed by atoms with E-state index >= 15 is 0 Å². The van der Waals surface area contributed by atoms with E-state index in [-0.39, 0.29) is 42.0 Å². The van der Waals surface area contributed by atoms with E-state index in [1.165, 1.54) is 11.3 Å². The van der Waals surface area contributed by atoms with Crippen molar-refractivity contribution in [3.63, 3.8) is 0 Å². The van der Waals surface area contributed by atoms with E-state index in [1.54, 1.807) is 5.38 Å². The highest BCUT2D eigenvalue weighted by Gasteiger charge is 2.37. The number of halogens is 1. The number of carboxylic acids is 1. The quantitative estimate of drug-likeness (QED) is 0.0747. The standard InChI is InChI=1S/C28H28N4O3S.HI/c1-32(2)18-19-35-31-25(26(33)34)24-20-36-27(29-24)30-28(21-12-6-3-7-13-21,22-14-8-4-9-15-22)23-16-10-5-11-17-23;/h3-17,20H,18-19H2,1-2H3,(H,29,30)(H,33,34);1H/b31-25-;. The monoisotopic (exact) mass is 628 g/mol. The van der Waals surface area contributed by atoms with Gasteiger partial charge in [-0.15, -0.1) is 35.3 Å². The van der Waals surface area contributed by atoms with Crippen molar-refractivity contribution < 1.29 is 14.7 Å². The zero-order chi connectivity index (χ0) is 25.4. The van der Waals surface area contributed by atoms with E-state index in [0.717, 1.165) is 16.7 Å². The summed E-state index contributed by atoms with van der Waals surface area (Å²) in [5, 5.41) is 19.5. The van der Waals surface area contributed by atoms with Gasteiger partial charge in [-0.3, -0.25) is 0 Å². The molecular weight excluding hydrogens is 599 g/mol. The Morgan fingerprint density at radius 3 is 1.86 bits per heavy atom. The van der Waals surface area contributed by atoms with Crippen molar-refractivity contribution in [2.45, 2.75) is 5.54 Å². The fourth-order valence-electron chi connectivity index (χ4n) is 3.91. The number of aromatic nitrogens is 1. The van der Waals surface area contributed by atoms with Crippen LogP contribution < -0.4 is 5.32 Å². The third-order valence-electron chi connectivity index (χ3n) is 5.65.